The molecule has 3 aromatic rings. The molecule has 3 aromatic carbocycles. The number of benzene rings is 3. The molecule has 1 heterocycles. The minimum Gasteiger partial charge on any atom is -0.365 e. The molecule has 1 saturated carbocycles. The molecule has 2 fully saturated rings. The first-order chi connectivity index (χ1) is 14.5. The van der Waals surface area contributed by atoms with Crippen molar-refractivity contribution in [3.05, 3.63) is 94.0 Å². The van der Waals surface area contributed by atoms with Crippen molar-refractivity contribution in [3.8, 4) is 0 Å². The van der Waals surface area contributed by atoms with Crippen LogP contribution in [0.25, 0.3) is 0 Å². The van der Waals surface area contributed by atoms with Gasteiger partial charge < -0.3 is 5.11 Å². The summed E-state index contributed by atoms with van der Waals surface area (Å²) in [5.41, 5.74) is 1.65. The summed E-state index contributed by atoms with van der Waals surface area (Å²) in [7, 11) is 0. The molecule has 1 atom stereocenters. The van der Waals surface area contributed by atoms with Crippen LogP contribution in [0.4, 0.5) is 16.2 Å². The van der Waals surface area contributed by atoms with Gasteiger partial charge in [0.25, 0.3) is 0 Å². The number of anilines is 2. The van der Waals surface area contributed by atoms with Gasteiger partial charge in [0.1, 0.15) is 0 Å². The highest BCUT2D eigenvalue weighted by atomic mass is 35.5. The Labute approximate surface area is 185 Å². The Morgan fingerprint density at radius 1 is 0.867 bits per heavy atom. The number of aliphatic hydroxyl groups is 1. The van der Waals surface area contributed by atoms with E-state index in [1.165, 1.54) is 23.3 Å². The van der Waals surface area contributed by atoms with E-state index >= 15 is 0 Å². The number of carbonyl (C=O) groups is 1. The molecule has 0 aromatic heterocycles. The first kappa shape index (κ1) is 19.4. The third-order valence-electron chi connectivity index (χ3n) is 5.79. The lowest BCUT2D eigenvalue weighted by molar-refractivity contribution is 0.0655. The zero-order valence-electron chi connectivity index (χ0n) is 16.1. The van der Waals surface area contributed by atoms with E-state index in [2.05, 4.69) is 6.07 Å². The minimum absolute atomic E-state index is 0.101. The van der Waals surface area contributed by atoms with Gasteiger partial charge in [-0.1, -0.05) is 47.5 Å². The normalized spacial score (nSPS) is 21.4. The molecule has 2 amide bonds. The predicted molar refractivity (Wildman–Crippen MR) is 120 cm³/mol. The van der Waals surface area contributed by atoms with Crippen molar-refractivity contribution in [2.45, 2.75) is 24.5 Å². The van der Waals surface area contributed by atoms with Gasteiger partial charge in [0.2, 0.25) is 0 Å². The van der Waals surface area contributed by atoms with E-state index in [4.69, 9.17) is 23.2 Å². The van der Waals surface area contributed by atoms with Crippen molar-refractivity contribution < 1.29 is 9.90 Å². The smallest absolute Gasteiger partial charge is 0.331 e. The molecule has 2 aliphatic rings. The van der Waals surface area contributed by atoms with Gasteiger partial charge in [-0.3, -0.25) is 9.80 Å². The zero-order chi connectivity index (χ0) is 20.9. The standard InChI is InChI=1S/C24H20Cl2N2O2/c25-19-6-10-21(11-7-19)27-15-24(30,18-3-1-2-17(14-18)16-4-5-16)28(23(27)29)22-12-8-20(26)9-13-22/h1-3,6-14,16,30H,4-5,15H2. The topological polar surface area (TPSA) is 43.8 Å². The molecule has 1 unspecified atom stereocenters. The fraction of sp³-hybridized carbons (Fsp3) is 0.208. The summed E-state index contributed by atoms with van der Waals surface area (Å²) >= 11 is 12.1. The van der Waals surface area contributed by atoms with Crippen LogP contribution in [-0.2, 0) is 5.72 Å². The van der Waals surface area contributed by atoms with Crippen LogP contribution in [0.2, 0.25) is 10.0 Å². The van der Waals surface area contributed by atoms with Gasteiger partial charge in [-0.05, 0) is 72.9 Å². The fourth-order valence-corrected chi connectivity index (χ4v) is 4.31. The molecule has 4 nitrogen and oxygen atoms in total. The second-order valence-electron chi connectivity index (χ2n) is 7.87. The highest BCUT2D eigenvalue weighted by Crippen LogP contribution is 2.44. The zero-order valence-corrected chi connectivity index (χ0v) is 17.6. The molecule has 0 radical (unpaired) electrons. The maximum Gasteiger partial charge on any atom is 0.331 e. The molecule has 6 heteroatoms. The number of carbonyl (C=O) groups excluding carboxylic acids is 1. The van der Waals surface area contributed by atoms with Crippen molar-refractivity contribution in [1.29, 1.82) is 0 Å². The van der Waals surface area contributed by atoms with Crippen LogP contribution in [0.5, 0.6) is 0 Å². The molecule has 0 bridgehead atoms. The number of β-amino-alcohol motifs (C(OH)–C–C–N with tert-alkyl or cyclic N) is 1. The van der Waals surface area contributed by atoms with Gasteiger partial charge in [0, 0.05) is 27.0 Å². The second kappa shape index (κ2) is 7.31. The Hall–Kier alpha value is -2.53. The van der Waals surface area contributed by atoms with Gasteiger partial charge in [0.05, 0.1) is 6.54 Å². The average molecular weight is 439 g/mol. The number of urea groups is 1. The van der Waals surface area contributed by atoms with Crippen molar-refractivity contribution in [2.24, 2.45) is 0 Å². The molecule has 1 saturated heterocycles. The van der Waals surface area contributed by atoms with Gasteiger partial charge in [-0.2, -0.15) is 0 Å². The van der Waals surface area contributed by atoms with Crippen molar-refractivity contribution in [1.82, 2.24) is 0 Å². The fourth-order valence-electron chi connectivity index (χ4n) is 4.05. The van der Waals surface area contributed by atoms with Gasteiger partial charge in [-0.15, -0.1) is 0 Å². The summed E-state index contributed by atoms with van der Waals surface area (Å²) in [5.74, 6) is 0.544. The summed E-state index contributed by atoms with van der Waals surface area (Å²) in [6.07, 6.45) is 2.33. The first-order valence-corrected chi connectivity index (χ1v) is 10.7. The second-order valence-corrected chi connectivity index (χ2v) is 8.75. The maximum absolute atomic E-state index is 13.5. The van der Waals surface area contributed by atoms with E-state index < -0.39 is 5.72 Å². The van der Waals surface area contributed by atoms with Crippen molar-refractivity contribution in [2.75, 3.05) is 16.3 Å². The van der Waals surface area contributed by atoms with Crippen LogP contribution >= 0.6 is 23.2 Å². The number of halogens is 2. The lowest BCUT2D eigenvalue weighted by atomic mass is 9.97. The van der Waals surface area contributed by atoms with Crippen molar-refractivity contribution >= 4 is 40.6 Å². The Bertz CT molecular complexity index is 1100. The maximum atomic E-state index is 13.5. The largest absolute Gasteiger partial charge is 0.365 e. The highest BCUT2D eigenvalue weighted by molar-refractivity contribution is 6.31. The molecule has 5 rings (SSSR count). The number of hydrogen-bond donors (Lipinski definition) is 1. The van der Waals surface area contributed by atoms with Crippen LogP contribution in [0.3, 0.4) is 0 Å². The van der Waals surface area contributed by atoms with E-state index in [1.807, 2.05) is 18.2 Å². The van der Waals surface area contributed by atoms with Gasteiger partial charge >= 0.3 is 6.03 Å². The third kappa shape index (κ3) is 3.35. The molecular formula is C24H20Cl2N2O2. The average Bonchev–Trinajstić information content (AvgIpc) is 3.56. The summed E-state index contributed by atoms with van der Waals surface area (Å²) in [6.45, 7) is 0.101. The number of hydrogen-bond acceptors (Lipinski definition) is 2. The Morgan fingerprint density at radius 3 is 2.07 bits per heavy atom. The van der Waals surface area contributed by atoms with Gasteiger partial charge in [-0.25, -0.2) is 4.79 Å². The molecular weight excluding hydrogens is 419 g/mol. The Morgan fingerprint density at radius 2 is 1.47 bits per heavy atom. The molecule has 1 aliphatic carbocycles. The lowest BCUT2D eigenvalue weighted by Crippen LogP contribution is -2.44. The van der Waals surface area contributed by atoms with E-state index in [9.17, 15) is 9.90 Å². The van der Waals surface area contributed by atoms with Crippen LogP contribution in [0.15, 0.2) is 72.8 Å². The minimum atomic E-state index is -1.52. The Kier molecular flexibility index (Phi) is 4.73. The summed E-state index contributed by atoms with van der Waals surface area (Å²) < 4.78 is 0. The first-order valence-electron chi connectivity index (χ1n) is 9.91. The quantitative estimate of drug-likeness (QED) is 0.529. The van der Waals surface area contributed by atoms with Crippen LogP contribution < -0.4 is 9.80 Å². The monoisotopic (exact) mass is 438 g/mol. The Balaban J connectivity index is 1.62. The van der Waals surface area contributed by atoms with E-state index in [0.29, 0.717) is 32.9 Å². The van der Waals surface area contributed by atoms with E-state index in [0.717, 1.165) is 0 Å². The van der Waals surface area contributed by atoms with Crippen molar-refractivity contribution in [3.63, 3.8) is 0 Å². The van der Waals surface area contributed by atoms with Gasteiger partial charge in [0.15, 0.2) is 5.72 Å². The summed E-state index contributed by atoms with van der Waals surface area (Å²) in [5, 5.41) is 13.1. The number of amides is 2. The third-order valence-corrected chi connectivity index (χ3v) is 6.30. The molecule has 1 N–H and O–H groups in total. The molecule has 1 aliphatic heterocycles. The summed E-state index contributed by atoms with van der Waals surface area (Å²) in [6, 6.07) is 21.6. The SMILES string of the molecule is O=C1N(c2ccc(Cl)cc2)CC(O)(c2cccc(C3CC3)c2)N1c1ccc(Cl)cc1. The molecule has 152 valence electrons. The lowest BCUT2D eigenvalue weighted by Gasteiger charge is -2.32. The highest BCUT2D eigenvalue weighted by Gasteiger charge is 2.51. The molecule has 0 spiro atoms. The van der Waals surface area contributed by atoms with E-state index in [1.54, 1.807) is 53.4 Å². The number of rotatable bonds is 4. The molecule has 30 heavy (non-hydrogen) atoms. The van der Waals surface area contributed by atoms with E-state index in [-0.39, 0.29) is 12.6 Å². The van der Waals surface area contributed by atoms with Crippen LogP contribution in [0.1, 0.15) is 29.9 Å². The predicted octanol–water partition coefficient (Wildman–Crippen LogP) is 6.16. The van der Waals surface area contributed by atoms with Crippen LogP contribution in [0, 0.1) is 0 Å². The number of nitrogens with zero attached hydrogens (tertiary/aromatic N) is 2. The summed E-state index contributed by atoms with van der Waals surface area (Å²) in [4.78, 5) is 16.5. The van der Waals surface area contributed by atoms with Crippen LogP contribution in [-0.4, -0.2) is 17.7 Å².